The molecule has 0 spiro atoms. The fraction of sp³-hybridized carbons (Fsp3) is 0.292. The van der Waals surface area contributed by atoms with Gasteiger partial charge >= 0.3 is 0 Å². The molecule has 0 amide bonds. The van der Waals surface area contributed by atoms with Gasteiger partial charge in [-0.15, -0.1) is 0 Å². The van der Waals surface area contributed by atoms with E-state index in [1.807, 2.05) is 4.31 Å². The Morgan fingerprint density at radius 1 is 1.11 bits per heavy atom. The Labute approximate surface area is 173 Å². The van der Waals surface area contributed by atoms with Crippen molar-refractivity contribution >= 4 is 24.3 Å². The van der Waals surface area contributed by atoms with E-state index >= 15 is 0 Å². The fourth-order valence-corrected chi connectivity index (χ4v) is 4.31. The highest BCUT2D eigenvalue weighted by atomic mass is 32.1. The summed E-state index contributed by atoms with van der Waals surface area (Å²) in [6, 6.07) is 8.53. The molecule has 0 aromatic heterocycles. The number of allylic oxidation sites excluding steroid dienone is 4. The monoisotopic (exact) mass is 389 g/mol. The molecule has 3 aliphatic rings. The van der Waals surface area contributed by atoms with Gasteiger partial charge in [0.15, 0.2) is 5.82 Å². The van der Waals surface area contributed by atoms with E-state index in [1.165, 1.54) is 5.56 Å². The number of hydrogen-bond acceptors (Lipinski definition) is 4. The zero-order chi connectivity index (χ0) is 20.0. The minimum Gasteiger partial charge on any atom is -0.298 e. The Bertz CT molecular complexity index is 974. The molecule has 0 bridgehead atoms. The highest BCUT2D eigenvalue weighted by Gasteiger charge is 2.37. The molecule has 4 heteroatoms. The molecular formula is C24H27N3S. The molecule has 1 aliphatic carbocycles. The molecule has 144 valence electrons. The first-order chi connectivity index (χ1) is 13.4. The van der Waals surface area contributed by atoms with E-state index in [0.29, 0.717) is 5.92 Å². The standard InChI is InChI=1S/C24H27N3S/c1-15(2)14-22-25-24-23(17(4)20-8-6-7-9-21(20)27(24)28)18(5)26(22)19-12-10-16(3)11-13-19/h8-13,15,28H,4-7,14H2,1-3H3. The number of fused-ring (bicyclic) bond motifs is 1. The van der Waals surface area contributed by atoms with Crippen LogP contribution in [0.5, 0.6) is 0 Å². The number of aliphatic imine (C=N–C) groups is 1. The molecule has 28 heavy (non-hydrogen) atoms. The van der Waals surface area contributed by atoms with Crippen LogP contribution in [0.25, 0.3) is 0 Å². The molecule has 2 heterocycles. The Balaban J connectivity index is 1.87. The summed E-state index contributed by atoms with van der Waals surface area (Å²) in [5.41, 5.74) is 7.43. The lowest BCUT2D eigenvalue weighted by Gasteiger charge is -2.41. The Morgan fingerprint density at radius 2 is 1.79 bits per heavy atom. The first kappa shape index (κ1) is 18.9. The number of thiol groups is 1. The predicted molar refractivity (Wildman–Crippen MR) is 122 cm³/mol. The molecule has 4 rings (SSSR count). The molecule has 1 aromatic rings. The third-order valence-corrected chi connectivity index (χ3v) is 5.75. The van der Waals surface area contributed by atoms with Crippen LogP contribution in [0.3, 0.4) is 0 Å². The van der Waals surface area contributed by atoms with Crippen LogP contribution >= 0.6 is 12.8 Å². The van der Waals surface area contributed by atoms with E-state index in [9.17, 15) is 0 Å². The van der Waals surface area contributed by atoms with Crippen molar-refractivity contribution in [3.63, 3.8) is 0 Å². The lowest BCUT2D eigenvalue weighted by molar-refractivity contribution is 0.646. The molecule has 3 nitrogen and oxygen atoms in total. The van der Waals surface area contributed by atoms with Gasteiger partial charge in [-0.3, -0.25) is 9.21 Å². The minimum atomic E-state index is 0.478. The Kier molecular flexibility index (Phi) is 4.84. The maximum absolute atomic E-state index is 5.08. The second-order valence-electron chi connectivity index (χ2n) is 8.02. The third-order valence-electron chi connectivity index (χ3n) is 5.34. The number of amidine groups is 1. The summed E-state index contributed by atoms with van der Waals surface area (Å²) in [5, 5.41) is 0. The van der Waals surface area contributed by atoms with E-state index < -0.39 is 0 Å². The van der Waals surface area contributed by atoms with Crippen molar-refractivity contribution in [2.45, 2.75) is 40.0 Å². The summed E-state index contributed by atoms with van der Waals surface area (Å²) in [6.45, 7) is 15.4. The van der Waals surface area contributed by atoms with Gasteiger partial charge in [-0.1, -0.05) is 69.7 Å². The lowest BCUT2D eigenvalue weighted by atomic mass is 9.86. The van der Waals surface area contributed by atoms with Gasteiger partial charge in [0.1, 0.15) is 5.84 Å². The van der Waals surface area contributed by atoms with Gasteiger partial charge in [0.05, 0.1) is 11.4 Å². The van der Waals surface area contributed by atoms with Crippen LogP contribution in [0, 0.1) is 12.8 Å². The quantitative estimate of drug-likeness (QED) is 0.611. The van der Waals surface area contributed by atoms with Gasteiger partial charge in [0.2, 0.25) is 0 Å². The first-order valence-electron chi connectivity index (χ1n) is 9.85. The van der Waals surface area contributed by atoms with Crippen molar-refractivity contribution in [2.75, 3.05) is 4.90 Å². The van der Waals surface area contributed by atoms with Crippen molar-refractivity contribution in [2.24, 2.45) is 10.9 Å². The number of hydrogen-bond donors (Lipinski definition) is 1. The maximum atomic E-state index is 5.08. The van der Waals surface area contributed by atoms with Crippen LogP contribution < -0.4 is 4.90 Å². The molecule has 1 aromatic carbocycles. The second kappa shape index (κ2) is 7.17. The predicted octanol–water partition coefficient (Wildman–Crippen LogP) is 6.31. The van der Waals surface area contributed by atoms with Crippen molar-refractivity contribution in [1.82, 2.24) is 4.31 Å². The number of benzene rings is 1. The van der Waals surface area contributed by atoms with Gasteiger partial charge in [-0.2, -0.15) is 0 Å². The number of aryl methyl sites for hydroxylation is 1. The second-order valence-corrected chi connectivity index (χ2v) is 8.42. The van der Waals surface area contributed by atoms with Gasteiger partial charge in [-0.05, 0) is 43.4 Å². The average Bonchev–Trinajstić information content (AvgIpc) is 2.66. The average molecular weight is 390 g/mol. The topological polar surface area (TPSA) is 18.8 Å². The highest BCUT2D eigenvalue weighted by molar-refractivity contribution is 7.78. The van der Waals surface area contributed by atoms with Crippen molar-refractivity contribution in [1.29, 1.82) is 0 Å². The van der Waals surface area contributed by atoms with E-state index in [-0.39, 0.29) is 0 Å². The third kappa shape index (κ3) is 3.06. The van der Waals surface area contributed by atoms with Crippen LogP contribution in [0.2, 0.25) is 0 Å². The van der Waals surface area contributed by atoms with Crippen LogP contribution in [0.4, 0.5) is 5.69 Å². The fourth-order valence-electron chi connectivity index (χ4n) is 3.98. The minimum absolute atomic E-state index is 0.478. The molecule has 0 fully saturated rings. The van der Waals surface area contributed by atoms with E-state index in [1.54, 1.807) is 0 Å². The van der Waals surface area contributed by atoms with Crippen LogP contribution in [-0.2, 0) is 0 Å². The maximum Gasteiger partial charge on any atom is 0.155 e. The molecule has 0 atom stereocenters. The molecule has 0 N–H and O–H groups in total. The van der Waals surface area contributed by atoms with E-state index in [0.717, 1.165) is 64.7 Å². The normalized spacial score (nSPS) is 19.4. The molecule has 0 saturated carbocycles. The highest BCUT2D eigenvalue weighted by Crippen LogP contribution is 2.46. The van der Waals surface area contributed by atoms with Crippen molar-refractivity contribution < 1.29 is 0 Å². The summed E-state index contributed by atoms with van der Waals surface area (Å²) < 4.78 is 1.91. The zero-order valence-electron chi connectivity index (χ0n) is 16.9. The molecule has 2 aliphatic heterocycles. The molecular weight excluding hydrogens is 362 g/mol. The van der Waals surface area contributed by atoms with Gasteiger partial charge < -0.3 is 0 Å². The lowest BCUT2D eigenvalue weighted by Crippen LogP contribution is -2.38. The van der Waals surface area contributed by atoms with Crippen molar-refractivity contribution in [3.05, 3.63) is 89.1 Å². The summed E-state index contributed by atoms with van der Waals surface area (Å²) in [7, 11) is 0. The van der Waals surface area contributed by atoms with Crippen LogP contribution in [0.1, 0.15) is 38.7 Å². The largest absolute Gasteiger partial charge is 0.298 e. The van der Waals surface area contributed by atoms with Gasteiger partial charge in [-0.25, -0.2) is 4.99 Å². The van der Waals surface area contributed by atoms with Gasteiger partial charge in [0.25, 0.3) is 0 Å². The first-order valence-corrected chi connectivity index (χ1v) is 10.3. The number of rotatable bonds is 3. The molecule has 0 radical (unpaired) electrons. The molecule has 0 saturated heterocycles. The van der Waals surface area contributed by atoms with E-state index in [2.05, 4.69) is 75.2 Å². The zero-order valence-corrected chi connectivity index (χ0v) is 17.8. The Morgan fingerprint density at radius 3 is 2.46 bits per heavy atom. The summed E-state index contributed by atoms with van der Waals surface area (Å²) >= 11 is 4.81. The van der Waals surface area contributed by atoms with E-state index in [4.69, 9.17) is 17.8 Å². The van der Waals surface area contributed by atoms with Crippen LogP contribution in [0.15, 0.2) is 88.5 Å². The number of nitrogens with zero attached hydrogens (tertiary/aromatic N) is 3. The summed E-state index contributed by atoms with van der Waals surface area (Å²) in [5.74, 6) is 2.31. The van der Waals surface area contributed by atoms with Crippen LogP contribution in [-0.4, -0.2) is 10.1 Å². The molecule has 0 unspecified atom stereocenters. The number of anilines is 1. The summed E-state index contributed by atoms with van der Waals surface area (Å²) in [6.07, 6.45) is 7.38. The van der Waals surface area contributed by atoms with Gasteiger partial charge in [0, 0.05) is 23.3 Å². The Hall–Kier alpha value is -2.46. The van der Waals surface area contributed by atoms with Crippen molar-refractivity contribution in [3.8, 4) is 0 Å². The smallest absolute Gasteiger partial charge is 0.155 e. The summed E-state index contributed by atoms with van der Waals surface area (Å²) in [4.78, 5) is 7.26. The SMILES string of the molecule is C=C1C2=CCCC=C2N(S)C2=C1C(=C)N(c1ccc(C)cc1)C(CC(C)C)=N2.